The minimum absolute atomic E-state index is 0.152. The van der Waals surface area contributed by atoms with Gasteiger partial charge >= 0.3 is 6.18 Å². The lowest BCUT2D eigenvalue weighted by Gasteiger charge is -2.26. The fourth-order valence-corrected chi connectivity index (χ4v) is 3.01. The monoisotopic (exact) mass is 373 g/mol. The van der Waals surface area contributed by atoms with Gasteiger partial charge in [-0.05, 0) is 33.3 Å². The molecule has 0 saturated heterocycles. The molecule has 0 amide bonds. The van der Waals surface area contributed by atoms with Crippen LogP contribution in [0.25, 0.3) is 11.4 Å². The van der Waals surface area contributed by atoms with Crippen molar-refractivity contribution < 1.29 is 17.7 Å². The van der Waals surface area contributed by atoms with E-state index in [0.717, 1.165) is 11.8 Å². The Morgan fingerprint density at radius 1 is 1.16 bits per heavy atom. The summed E-state index contributed by atoms with van der Waals surface area (Å²) in [5.41, 5.74) is 0.571. The van der Waals surface area contributed by atoms with Gasteiger partial charge < -0.3 is 9.12 Å². The van der Waals surface area contributed by atoms with E-state index < -0.39 is 23.2 Å². The summed E-state index contributed by atoms with van der Waals surface area (Å²) in [5.74, 6) is 0.248. The zero-order valence-electron chi connectivity index (χ0n) is 14.8. The maximum Gasteiger partial charge on any atom is 0.434 e. The molecular formula is C17H22F3N3OS. The molecular weight excluding hydrogens is 351 g/mol. The van der Waals surface area contributed by atoms with Gasteiger partial charge in [-0.25, -0.2) is 4.98 Å². The number of nitrogens with one attached hydrogen (secondary N) is 1. The largest absolute Gasteiger partial charge is 0.598 e. The van der Waals surface area contributed by atoms with Crippen LogP contribution in [0.4, 0.5) is 13.2 Å². The number of rotatable bonds is 4. The van der Waals surface area contributed by atoms with Gasteiger partial charge in [0.25, 0.3) is 0 Å². The molecule has 1 heterocycles. The topological polar surface area (TPSA) is 52.9 Å². The Balaban J connectivity index is 2.19. The number of halogens is 3. The highest BCUT2D eigenvalue weighted by Gasteiger charge is 2.34. The number of alkyl halides is 3. The molecule has 0 bridgehead atoms. The third-order valence-electron chi connectivity index (χ3n) is 3.68. The molecule has 0 spiro atoms. The van der Waals surface area contributed by atoms with Gasteiger partial charge in [0, 0.05) is 30.2 Å². The van der Waals surface area contributed by atoms with Crippen molar-refractivity contribution in [2.45, 2.75) is 44.7 Å². The number of aromatic nitrogens is 2. The predicted octanol–water partition coefficient (Wildman–Crippen LogP) is 4.22. The Kier molecular flexibility index (Phi) is 5.56. The van der Waals surface area contributed by atoms with Crippen LogP contribution < -0.4 is 4.72 Å². The highest BCUT2D eigenvalue weighted by Crippen LogP contribution is 2.31. The molecule has 0 saturated carbocycles. The lowest BCUT2D eigenvalue weighted by atomic mass is 10.1. The highest BCUT2D eigenvalue weighted by molar-refractivity contribution is 7.90. The molecule has 2 atom stereocenters. The molecule has 2 rings (SSSR count). The molecule has 4 nitrogen and oxygen atoms in total. The van der Waals surface area contributed by atoms with Crippen LogP contribution in [0, 0.1) is 0 Å². The fraction of sp³-hybridized carbons (Fsp3) is 0.471. The summed E-state index contributed by atoms with van der Waals surface area (Å²) in [6, 6.07) is 6.89. The zero-order valence-corrected chi connectivity index (χ0v) is 15.6. The van der Waals surface area contributed by atoms with Crippen LogP contribution >= 0.6 is 0 Å². The van der Waals surface area contributed by atoms with Gasteiger partial charge in [-0.3, -0.25) is 0 Å². The van der Waals surface area contributed by atoms with Crippen molar-refractivity contribution in [3.63, 3.8) is 0 Å². The lowest BCUT2D eigenvalue weighted by Crippen LogP contribution is -2.40. The molecule has 1 aromatic carbocycles. The average Bonchev–Trinajstić information content (AvgIpc) is 2.88. The molecule has 0 fully saturated rings. The van der Waals surface area contributed by atoms with Gasteiger partial charge in [-0.1, -0.05) is 24.3 Å². The molecule has 8 heteroatoms. The van der Waals surface area contributed by atoms with Gasteiger partial charge in [-0.2, -0.15) is 13.2 Å². The third-order valence-corrected chi connectivity index (χ3v) is 5.36. The number of nitrogens with zero attached hydrogens (tertiary/aromatic N) is 2. The van der Waals surface area contributed by atoms with Gasteiger partial charge in [0.1, 0.15) is 10.6 Å². The van der Waals surface area contributed by atoms with Crippen LogP contribution in [-0.2, 0) is 24.6 Å². The molecule has 1 N–H and O–H groups in total. The summed E-state index contributed by atoms with van der Waals surface area (Å²) in [7, 11) is 1.53. The zero-order chi connectivity index (χ0) is 19.0. The van der Waals surface area contributed by atoms with Gasteiger partial charge in [0.05, 0.1) is 6.04 Å². The molecule has 25 heavy (non-hydrogen) atoms. The second-order valence-corrected chi connectivity index (χ2v) is 8.90. The molecule has 1 unspecified atom stereocenters. The molecule has 0 aliphatic heterocycles. The normalized spacial score (nSPS) is 15.2. The second kappa shape index (κ2) is 7.01. The Hall–Kier alpha value is -1.51. The summed E-state index contributed by atoms with van der Waals surface area (Å²) in [5, 5.41) is 0. The van der Waals surface area contributed by atoms with Crippen LogP contribution in [0.1, 0.15) is 45.0 Å². The van der Waals surface area contributed by atoms with Crippen molar-refractivity contribution in [3.8, 4) is 11.4 Å². The predicted molar refractivity (Wildman–Crippen MR) is 93.1 cm³/mol. The van der Waals surface area contributed by atoms with Crippen molar-refractivity contribution in [2.75, 3.05) is 0 Å². The SMILES string of the molecule is C[C@@H](N[S+]([O-])C(C)(C)C)c1ccc(-c2nc(C(F)(F)F)cn2C)cc1. The third kappa shape index (κ3) is 4.77. The highest BCUT2D eigenvalue weighted by atomic mass is 32.2. The van der Waals surface area contributed by atoms with E-state index in [0.29, 0.717) is 5.56 Å². The van der Waals surface area contributed by atoms with Crippen molar-refractivity contribution in [2.24, 2.45) is 7.05 Å². The molecule has 1 aromatic heterocycles. The summed E-state index contributed by atoms with van der Waals surface area (Å²) in [4.78, 5) is 3.68. The molecule has 0 aliphatic rings. The first-order valence-corrected chi connectivity index (χ1v) is 8.93. The van der Waals surface area contributed by atoms with E-state index in [1.165, 1.54) is 11.6 Å². The van der Waals surface area contributed by atoms with Gasteiger partial charge in [0.15, 0.2) is 5.69 Å². The summed E-state index contributed by atoms with van der Waals surface area (Å²) in [6.45, 7) is 7.53. The standard InChI is InChI=1S/C17H22F3N3OS/c1-11(22-25(24)16(2,3)4)12-6-8-13(9-7-12)15-21-14(10-23(15)5)17(18,19)20/h6-11,22H,1-5H3/t11-,25?/m1/s1. The number of hydrogen-bond acceptors (Lipinski definition) is 3. The summed E-state index contributed by atoms with van der Waals surface area (Å²) >= 11 is -1.21. The van der Waals surface area contributed by atoms with E-state index >= 15 is 0 Å². The number of imidazole rings is 1. The molecule has 138 valence electrons. The van der Waals surface area contributed by atoms with Crippen LogP contribution in [0.15, 0.2) is 30.5 Å². The van der Waals surface area contributed by atoms with Gasteiger partial charge in [-0.15, -0.1) is 4.72 Å². The van der Waals surface area contributed by atoms with Crippen LogP contribution in [0.5, 0.6) is 0 Å². The Morgan fingerprint density at radius 3 is 2.16 bits per heavy atom. The van der Waals surface area contributed by atoms with E-state index in [1.807, 2.05) is 27.7 Å². The van der Waals surface area contributed by atoms with E-state index in [-0.39, 0.29) is 16.6 Å². The van der Waals surface area contributed by atoms with Gasteiger partial charge in [0.2, 0.25) is 0 Å². The average molecular weight is 373 g/mol. The van der Waals surface area contributed by atoms with E-state index in [2.05, 4.69) is 9.71 Å². The number of benzene rings is 1. The lowest BCUT2D eigenvalue weighted by molar-refractivity contribution is -0.140. The Bertz CT molecular complexity index is 720. The first-order valence-electron chi connectivity index (χ1n) is 7.78. The number of aryl methyl sites for hydroxylation is 1. The smallest absolute Gasteiger partial charge is 0.434 e. The van der Waals surface area contributed by atoms with E-state index in [4.69, 9.17) is 0 Å². The quantitative estimate of drug-likeness (QED) is 0.817. The van der Waals surface area contributed by atoms with Crippen molar-refractivity contribution in [3.05, 3.63) is 41.7 Å². The molecule has 2 aromatic rings. The first kappa shape index (κ1) is 19.8. The van der Waals surface area contributed by atoms with Crippen molar-refractivity contribution in [1.29, 1.82) is 0 Å². The maximum absolute atomic E-state index is 12.8. The van der Waals surface area contributed by atoms with Crippen molar-refractivity contribution in [1.82, 2.24) is 14.3 Å². The summed E-state index contributed by atoms with van der Waals surface area (Å²) < 4.78 is 54.5. The minimum Gasteiger partial charge on any atom is -0.598 e. The number of hydrogen-bond donors (Lipinski definition) is 1. The van der Waals surface area contributed by atoms with Crippen LogP contribution in [0.3, 0.4) is 0 Å². The van der Waals surface area contributed by atoms with E-state index in [9.17, 15) is 17.7 Å². The second-order valence-electron chi connectivity index (χ2n) is 6.90. The van der Waals surface area contributed by atoms with E-state index in [1.54, 1.807) is 24.3 Å². The fourth-order valence-electron chi connectivity index (χ4n) is 2.20. The maximum atomic E-state index is 12.8. The Labute approximate surface area is 148 Å². The molecule has 0 aliphatic carbocycles. The minimum atomic E-state index is -4.47. The molecule has 0 radical (unpaired) electrons. The van der Waals surface area contributed by atoms with Crippen molar-refractivity contribution >= 4 is 11.4 Å². The van der Waals surface area contributed by atoms with Crippen LogP contribution in [-0.4, -0.2) is 18.9 Å². The van der Waals surface area contributed by atoms with Crippen LogP contribution in [0.2, 0.25) is 0 Å². The first-order chi connectivity index (χ1) is 11.4. The summed E-state index contributed by atoms with van der Waals surface area (Å²) in [6.07, 6.45) is -3.49. The Morgan fingerprint density at radius 2 is 1.72 bits per heavy atom.